The van der Waals surface area contributed by atoms with Crippen LogP contribution in [0.1, 0.15) is 17.2 Å². The first kappa shape index (κ1) is 17.2. The number of benzene rings is 3. The quantitative estimate of drug-likeness (QED) is 0.460. The van der Waals surface area contributed by atoms with Gasteiger partial charge in [-0.2, -0.15) is 0 Å². The Kier molecular flexibility index (Phi) is 5.83. The second-order valence-electron chi connectivity index (χ2n) is 5.44. The Labute approximate surface area is 151 Å². The Morgan fingerprint density at radius 1 is 0.840 bits per heavy atom. The first-order valence-electron chi connectivity index (χ1n) is 7.90. The number of halogens is 1. The largest absolute Gasteiger partial charge is 0.425 e. The fourth-order valence-electron chi connectivity index (χ4n) is 2.48. The van der Waals surface area contributed by atoms with Crippen LogP contribution in [0.4, 0.5) is 0 Å². The van der Waals surface area contributed by atoms with Gasteiger partial charge < -0.3 is 9.47 Å². The zero-order chi connectivity index (χ0) is 17.5. The molecule has 0 aromatic heterocycles. The predicted octanol–water partition coefficient (Wildman–Crippen LogP) is 5.05. The van der Waals surface area contributed by atoms with Crippen LogP contribution >= 0.6 is 11.6 Å². The van der Waals surface area contributed by atoms with E-state index >= 15 is 0 Å². The lowest BCUT2D eigenvalue weighted by Gasteiger charge is -2.18. The molecule has 3 nitrogen and oxygen atoms in total. The molecule has 0 spiro atoms. The summed E-state index contributed by atoms with van der Waals surface area (Å²) in [5.41, 5.74) is 1.95. The molecule has 4 heteroatoms. The van der Waals surface area contributed by atoms with Gasteiger partial charge in [0.1, 0.15) is 18.5 Å². The molecule has 0 aliphatic carbocycles. The van der Waals surface area contributed by atoms with E-state index in [1.807, 2.05) is 60.7 Å². The van der Waals surface area contributed by atoms with E-state index in [0.29, 0.717) is 10.8 Å². The summed E-state index contributed by atoms with van der Waals surface area (Å²) in [6.07, 6.45) is -0.339. The first-order valence-corrected chi connectivity index (χ1v) is 8.28. The normalized spacial score (nSPS) is 10.6. The molecule has 0 saturated heterocycles. The fourth-order valence-corrected chi connectivity index (χ4v) is 2.66. The molecule has 0 N–H and O–H groups in total. The molecule has 0 atom stereocenters. The third-order valence-electron chi connectivity index (χ3n) is 3.60. The zero-order valence-corrected chi connectivity index (χ0v) is 14.2. The number of rotatable bonds is 6. The molecule has 0 aliphatic rings. The molecule has 126 valence electrons. The maximum absolute atomic E-state index is 12.1. The van der Waals surface area contributed by atoms with Gasteiger partial charge in [-0.3, -0.25) is 0 Å². The van der Waals surface area contributed by atoms with Crippen LogP contribution in [0.15, 0.2) is 84.9 Å². The van der Waals surface area contributed by atoms with Crippen molar-refractivity contribution in [3.63, 3.8) is 0 Å². The number of carbonyl (C=O) groups is 1. The van der Waals surface area contributed by atoms with Crippen LogP contribution in [0.5, 0.6) is 5.75 Å². The molecule has 0 fully saturated rings. The van der Waals surface area contributed by atoms with E-state index in [0.717, 1.165) is 11.1 Å². The average molecular weight is 353 g/mol. The van der Waals surface area contributed by atoms with Gasteiger partial charge in [-0.1, -0.05) is 78.3 Å². The molecule has 0 heterocycles. The fraction of sp³-hybridized carbons (Fsp3) is 0.0952. The van der Waals surface area contributed by atoms with Crippen LogP contribution in [0, 0.1) is 0 Å². The summed E-state index contributed by atoms with van der Waals surface area (Å²) in [6.45, 7) is -0.166. The highest BCUT2D eigenvalue weighted by molar-refractivity contribution is 6.30. The summed E-state index contributed by atoms with van der Waals surface area (Å²) >= 11 is 5.89. The van der Waals surface area contributed by atoms with Crippen LogP contribution < -0.4 is 4.74 Å². The maximum atomic E-state index is 12.1. The molecule has 3 aromatic carbocycles. The Bertz CT molecular complexity index is 779. The molecule has 0 saturated carbocycles. The molecule has 3 aromatic rings. The Hall–Kier alpha value is -2.62. The Morgan fingerprint density at radius 2 is 1.44 bits per heavy atom. The van der Waals surface area contributed by atoms with Crippen LogP contribution in [-0.4, -0.2) is 12.6 Å². The molecule has 25 heavy (non-hydrogen) atoms. The average Bonchev–Trinajstić information content (AvgIpc) is 2.64. The predicted molar refractivity (Wildman–Crippen MR) is 97.8 cm³/mol. The summed E-state index contributed by atoms with van der Waals surface area (Å²) in [4.78, 5) is 12.1. The van der Waals surface area contributed by atoms with E-state index in [4.69, 9.17) is 21.1 Å². The van der Waals surface area contributed by atoms with E-state index < -0.39 is 5.97 Å². The molecular formula is C21H17ClO3. The van der Waals surface area contributed by atoms with Gasteiger partial charge in [0.2, 0.25) is 0 Å². The summed E-state index contributed by atoms with van der Waals surface area (Å²) in [6, 6.07) is 26.3. The zero-order valence-electron chi connectivity index (χ0n) is 13.5. The summed E-state index contributed by atoms with van der Waals surface area (Å²) in [5.74, 6) is -0.0730. The lowest BCUT2D eigenvalue weighted by molar-refractivity contribution is -0.140. The van der Waals surface area contributed by atoms with Gasteiger partial charge in [0.15, 0.2) is 0 Å². The highest BCUT2D eigenvalue weighted by Gasteiger charge is 2.17. The van der Waals surface area contributed by atoms with Gasteiger partial charge >= 0.3 is 5.97 Å². The minimum absolute atomic E-state index is 0.166. The van der Waals surface area contributed by atoms with Crippen LogP contribution in [0.2, 0.25) is 5.02 Å². The van der Waals surface area contributed by atoms with Gasteiger partial charge in [-0.05, 0) is 29.3 Å². The molecule has 0 bridgehead atoms. The van der Waals surface area contributed by atoms with E-state index in [1.54, 1.807) is 24.3 Å². The van der Waals surface area contributed by atoms with Crippen molar-refractivity contribution in [2.45, 2.75) is 6.10 Å². The highest BCUT2D eigenvalue weighted by atomic mass is 35.5. The van der Waals surface area contributed by atoms with Crippen LogP contribution in [-0.2, 0) is 9.53 Å². The lowest BCUT2D eigenvalue weighted by atomic mass is 10.0. The van der Waals surface area contributed by atoms with E-state index in [1.165, 1.54) is 0 Å². The standard InChI is InChI=1S/C21H17ClO3/c22-18-12-7-13-19(14-18)25-20(23)15-24-21(16-8-3-1-4-9-16)17-10-5-2-6-11-17/h1-14,21H,15H2. The van der Waals surface area contributed by atoms with Gasteiger partial charge in [0, 0.05) is 5.02 Å². The number of hydrogen-bond acceptors (Lipinski definition) is 3. The smallest absolute Gasteiger partial charge is 0.337 e. The van der Waals surface area contributed by atoms with Crippen molar-refractivity contribution in [1.82, 2.24) is 0 Å². The van der Waals surface area contributed by atoms with Crippen molar-refractivity contribution in [2.75, 3.05) is 6.61 Å². The van der Waals surface area contributed by atoms with Crippen molar-refractivity contribution in [2.24, 2.45) is 0 Å². The molecule has 0 unspecified atom stereocenters. The van der Waals surface area contributed by atoms with Crippen LogP contribution in [0.3, 0.4) is 0 Å². The van der Waals surface area contributed by atoms with Crippen molar-refractivity contribution in [3.05, 3.63) is 101 Å². The van der Waals surface area contributed by atoms with Crippen molar-refractivity contribution in [3.8, 4) is 5.75 Å². The number of esters is 1. The SMILES string of the molecule is O=C(COC(c1ccccc1)c1ccccc1)Oc1cccc(Cl)c1. The lowest BCUT2D eigenvalue weighted by Crippen LogP contribution is -2.18. The van der Waals surface area contributed by atoms with Gasteiger partial charge in [0.05, 0.1) is 0 Å². The molecule has 0 radical (unpaired) electrons. The third-order valence-corrected chi connectivity index (χ3v) is 3.84. The maximum Gasteiger partial charge on any atom is 0.337 e. The van der Waals surface area contributed by atoms with Crippen molar-refractivity contribution in [1.29, 1.82) is 0 Å². The van der Waals surface area contributed by atoms with E-state index in [-0.39, 0.29) is 12.7 Å². The minimum atomic E-state index is -0.473. The minimum Gasteiger partial charge on any atom is -0.425 e. The highest BCUT2D eigenvalue weighted by Crippen LogP contribution is 2.26. The monoisotopic (exact) mass is 352 g/mol. The Balaban J connectivity index is 1.70. The van der Waals surface area contributed by atoms with Gasteiger partial charge in [-0.15, -0.1) is 0 Å². The molecular weight excluding hydrogens is 336 g/mol. The second kappa shape index (κ2) is 8.47. The Morgan fingerprint density at radius 3 is 2.00 bits per heavy atom. The van der Waals surface area contributed by atoms with Gasteiger partial charge in [0.25, 0.3) is 0 Å². The molecule has 3 rings (SSSR count). The van der Waals surface area contributed by atoms with E-state index in [2.05, 4.69) is 0 Å². The van der Waals surface area contributed by atoms with Crippen molar-refractivity contribution < 1.29 is 14.3 Å². The number of carbonyl (C=O) groups excluding carboxylic acids is 1. The number of hydrogen-bond donors (Lipinski definition) is 0. The molecule has 0 amide bonds. The summed E-state index contributed by atoms with van der Waals surface area (Å²) in [7, 11) is 0. The van der Waals surface area contributed by atoms with E-state index in [9.17, 15) is 4.79 Å². The number of ether oxygens (including phenoxy) is 2. The summed E-state index contributed by atoms with van der Waals surface area (Å²) in [5, 5.41) is 0.512. The topological polar surface area (TPSA) is 35.5 Å². The van der Waals surface area contributed by atoms with Crippen LogP contribution in [0.25, 0.3) is 0 Å². The van der Waals surface area contributed by atoms with Crippen molar-refractivity contribution >= 4 is 17.6 Å². The molecule has 0 aliphatic heterocycles. The summed E-state index contributed by atoms with van der Waals surface area (Å²) < 4.78 is 11.1. The van der Waals surface area contributed by atoms with Gasteiger partial charge in [-0.25, -0.2) is 4.79 Å². The third kappa shape index (κ3) is 4.92. The first-order chi connectivity index (χ1) is 12.2. The second-order valence-corrected chi connectivity index (χ2v) is 5.88.